The monoisotopic (exact) mass is 363 g/mol. The van der Waals surface area contributed by atoms with E-state index in [2.05, 4.69) is 40.5 Å². The maximum absolute atomic E-state index is 10.7. The molecular formula is C19H13N3O3S. The van der Waals surface area contributed by atoms with Crippen molar-refractivity contribution in [2.24, 2.45) is 0 Å². The van der Waals surface area contributed by atoms with E-state index >= 15 is 0 Å². The van der Waals surface area contributed by atoms with Crippen molar-refractivity contribution in [3.8, 4) is 11.5 Å². The Kier molecular flexibility index (Phi) is 4.37. The summed E-state index contributed by atoms with van der Waals surface area (Å²) in [7, 11) is 0. The molecule has 3 aromatic carbocycles. The molecule has 0 unspecified atom stereocenters. The normalized spacial score (nSPS) is 10.9. The first-order chi connectivity index (χ1) is 12.7. The zero-order chi connectivity index (χ0) is 17.9. The highest BCUT2D eigenvalue weighted by molar-refractivity contribution is 7.98. The van der Waals surface area contributed by atoms with Gasteiger partial charge in [-0.3, -0.25) is 10.1 Å². The smallest absolute Gasteiger partial charge is 0.269 e. The molecule has 0 aliphatic carbocycles. The van der Waals surface area contributed by atoms with Gasteiger partial charge in [-0.1, -0.05) is 30.3 Å². The average Bonchev–Trinajstić information content (AvgIpc) is 3.15. The summed E-state index contributed by atoms with van der Waals surface area (Å²) in [6.07, 6.45) is 0. The van der Waals surface area contributed by atoms with E-state index in [4.69, 9.17) is 4.42 Å². The van der Waals surface area contributed by atoms with Crippen LogP contribution in [-0.2, 0) is 5.75 Å². The SMILES string of the molecule is O=[N+]([O-])c1ccc(-c2nnc(CSc3ccc4ccccc4c3)o2)cc1. The van der Waals surface area contributed by atoms with Crippen LogP contribution in [-0.4, -0.2) is 15.1 Å². The lowest BCUT2D eigenvalue weighted by atomic mass is 10.1. The van der Waals surface area contributed by atoms with E-state index in [1.165, 1.54) is 22.9 Å². The van der Waals surface area contributed by atoms with Gasteiger partial charge in [0.15, 0.2) is 0 Å². The van der Waals surface area contributed by atoms with Crippen molar-refractivity contribution < 1.29 is 9.34 Å². The number of hydrogen-bond acceptors (Lipinski definition) is 6. The number of aromatic nitrogens is 2. The molecule has 0 N–H and O–H groups in total. The average molecular weight is 363 g/mol. The van der Waals surface area contributed by atoms with E-state index in [1.807, 2.05) is 12.1 Å². The topological polar surface area (TPSA) is 82.1 Å². The molecule has 0 atom stereocenters. The molecule has 0 saturated heterocycles. The molecule has 0 spiro atoms. The predicted molar refractivity (Wildman–Crippen MR) is 99.9 cm³/mol. The van der Waals surface area contributed by atoms with Crippen LogP contribution < -0.4 is 0 Å². The van der Waals surface area contributed by atoms with Gasteiger partial charge in [0.25, 0.3) is 5.69 Å². The van der Waals surface area contributed by atoms with Crippen LogP contribution >= 0.6 is 11.8 Å². The number of nitro groups is 1. The molecule has 1 aromatic heterocycles. The molecule has 0 aliphatic heterocycles. The van der Waals surface area contributed by atoms with E-state index in [1.54, 1.807) is 23.9 Å². The number of nitro benzene ring substituents is 1. The third kappa shape index (κ3) is 3.43. The van der Waals surface area contributed by atoms with Crippen LogP contribution in [0.25, 0.3) is 22.2 Å². The van der Waals surface area contributed by atoms with Gasteiger partial charge in [0.05, 0.1) is 10.7 Å². The number of rotatable bonds is 5. The Bertz CT molecular complexity index is 1080. The van der Waals surface area contributed by atoms with Gasteiger partial charge in [0.1, 0.15) is 0 Å². The Morgan fingerprint density at radius 2 is 1.73 bits per heavy atom. The Balaban J connectivity index is 1.46. The van der Waals surface area contributed by atoms with Gasteiger partial charge in [-0.15, -0.1) is 22.0 Å². The first-order valence-corrected chi connectivity index (χ1v) is 8.86. The molecule has 4 rings (SSSR count). The van der Waals surface area contributed by atoms with Crippen molar-refractivity contribution in [1.82, 2.24) is 10.2 Å². The highest BCUT2D eigenvalue weighted by atomic mass is 32.2. The van der Waals surface area contributed by atoms with Crippen molar-refractivity contribution in [2.45, 2.75) is 10.6 Å². The van der Waals surface area contributed by atoms with Gasteiger partial charge < -0.3 is 4.42 Å². The molecule has 0 bridgehead atoms. The summed E-state index contributed by atoms with van der Waals surface area (Å²) < 4.78 is 5.67. The molecule has 0 fully saturated rings. The maximum atomic E-state index is 10.7. The van der Waals surface area contributed by atoms with Crippen LogP contribution in [0.2, 0.25) is 0 Å². The quantitative estimate of drug-likeness (QED) is 0.279. The summed E-state index contributed by atoms with van der Waals surface area (Å²) >= 11 is 1.62. The Labute approximate surface area is 153 Å². The summed E-state index contributed by atoms with van der Waals surface area (Å²) in [6.45, 7) is 0. The fourth-order valence-electron chi connectivity index (χ4n) is 2.56. The first-order valence-electron chi connectivity index (χ1n) is 7.88. The predicted octanol–water partition coefficient (Wildman–Crippen LogP) is 5.09. The molecule has 7 heteroatoms. The van der Waals surface area contributed by atoms with Crippen LogP contribution in [0, 0.1) is 10.1 Å². The Morgan fingerprint density at radius 3 is 2.50 bits per heavy atom. The van der Waals surface area contributed by atoms with Crippen molar-refractivity contribution in [1.29, 1.82) is 0 Å². The highest BCUT2D eigenvalue weighted by Crippen LogP contribution is 2.27. The van der Waals surface area contributed by atoms with Crippen LogP contribution in [0.3, 0.4) is 0 Å². The van der Waals surface area contributed by atoms with Crippen LogP contribution in [0.1, 0.15) is 5.89 Å². The Morgan fingerprint density at radius 1 is 0.962 bits per heavy atom. The third-order valence-corrected chi connectivity index (χ3v) is 4.85. The number of fused-ring (bicyclic) bond motifs is 1. The molecule has 26 heavy (non-hydrogen) atoms. The van der Waals surface area contributed by atoms with Gasteiger partial charge in [-0.25, -0.2) is 0 Å². The van der Waals surface area contributed by atoms with Gasteiger partial charge in [0.2, 0.25) is 11.8 Å². The summed E-state index contributed by atoms with van der Waals surface area (Å²) in [4.78, 5) is 11.4. The fraction of sp³-hybridized carbons (Fsp3) is 0.0526. The minimum Gasteiger partial charge on any atom is -0.420 e. The van der Waals surface area contributed by atoms with Gasteiger partial charge in [-0.05, 0) is 35.0 Å². The second kappa shape index (κ2) is 6.97. The third-order valence-electron chi connectivity index (χ3n) is 3.88. The standard InChI is InChI=1S/C19H13N3O3S/c23-22(24)16-8-5-14(6-9-16)19-21-20-18(25-19)12-26-17-10-7-13-3-1-2-4-15(13)11-17/h1-11H,12H2. The van der Waals surface area contributed by atoms with Gasteiger partial charge in [-0.2, -0.15) is 0 Å². The lowest BCUT2D eigenvalue weighted by Crippen LogP contribution is -1.87. The van der Waals surface area contributed by atoms with Gasteiger partial charge in [0, 0.05) is 22.6 Å². The molecule has 0 radical (unpaired) electrons. The van der Waals surface area contributed by atoms with E-state index in [0.717, 1.165) is 4.90 Å². The van der Waals surface area contributed by atoms with Crippen molar-refractivity contribution in [3.05, 3.63) is 82.7 Å². The second-order valence-corrected chi connectivity index (χ2v) is 6.65. The number of hydrogen-bond donors (Lipinski definition) is 0. The highest BCUT2D eigenvalue weighted by Gasteiger charge is 2.11. The summed E-state index contributed by atoms with van der Waals surface area (Å²) in [5.41, 5.74) is 0.686. The lowest BCUT2D eigenvalue weighted by Gasteiger charge is -2.02. The molecule has 0 aliphatic rings. The molecular weight excluding hydrogens is 350 g/mol. The molecule has 128 valence electrons. The maximum Gasteiger partial charge on any atom is 0.269 e. The number of thioether (sulfide) groups is 1. The minimum atomic E-state index is -0.441. The van der Waals surface area contributed by atoms with Crippen molar-refractivity contribution in [2.75, 3.05) is 0 Å². The fourth-order valence-corrected chi connectivity index (χ4v) is 3.34. The summed E-state index contributed by atoms with van der Waals surface area (Å²) in [5.74, 6) is 1.42. The summed E-state index contributed by atoms with van der Waals surface area (Å²) in [6, 6.07) is 20.5. The minimum absolute atomic E-state index is 0.0281. The van der Waals surface area contributed by atoms with E-state index in [9.17, 15) is 10.1 Å². The van der Waals surface area contributed by atoms with Crippen molar-refractivity contribution >= 4 is 28.2 Å². The largest absolute Gasteiger partial charge is 0.420 e. The Hall–Kier alpha value is -3.19. The zero-order valence-corrected chi connectivity index (χ0v) is 14.3. The van der Waals surface area contributed by atoms with E-state index < -0.39 is 4.92 Å². The molecule has 4 aromatic rings. The zero-order valence-electron chi connectivity index (χ0n) is 13.5. The molecule has 0 amide bonds. The molecule has 1 heterocycles. The lowest BCUT2D eigenvalue weighted by molar-refractivity contribution is -0.384. The first kappa shape index (κ1) is 16.3. The van der Waals surface area contributed by atoms with Gasteiger partial charge >= 0.3 is 0 Å². The van der Waals surface area contributed by atoms with Crippen LogP contribution in [0.15, 0.2) is 76.0 Å². The summed E-state index contributed by atoms with van der Waals surface area (Å²) in [5, 5.41) is 21.2. The van der Waals surface area contributed by atoms with E-state index in [-0.39, 0.29) is 5.69 Å². The van der Waals surface area contributed by atoms with E-state index in [0.29, 0.717) is 23.1 Å². The number of benzene rings is 3. The molecule has 6 nitrogen and oxygen atoms in total. The number of non-ortho nitro benzene ring substituents is 1. The van der Waals surface area contributed by atoms with Crippen LogP contribution in [0.4, 0.5) is 5.69 Å². The van der Waals surface area contributed by atoms with Crippen molar-refractivity contribution in [3.63, 3.8) is 0 Å². The molecule has 0 saturated carbocycles. The second-order valence-electron chi connectivity index (χ2n) is 5.60. The van der Waals surface area contributed by atoms with Crippen LogP contribution in [0.5, 0.6) is 0 Å². The number of nitrogens with zero attached hydrogens (tertiary/aromatic N) is 3.